The molecule has 1 amide bonds. The molecule has 0 fully saturated rings. The van der Waals surface area contributed by atoms with Crippen molar-refractivity contribution < 1.29 is 38.9 Å². The average molecular weight is 733 g/mol. The Balaban J connectivity index is 1.69. The van der Waals surface area contributed by atoms with E-state index >= 15 is 0 Å². The Hall–Kier alpha value is -5.49. The number of ether oxygens (including phenoxy) is 2. The van der Waals surface area contributed by atoms with E-state index in [0.29, 0.717) is 55.0 Å². The first-order chi connectivity index (χ1) is 24.5. The van der Waals surface area contributed by atoms with Crippen molar-refractivity contribution in [3.8, 4) is 11.1 Å². The highest BCUT2D eigenvalue weighted by molar-refractivity contribution is 6.30. The molecule has 0 atom stereocenters. The highest BCUT2D eigenvalue weighted by Gasteiger charge is 2.19. The van der Waals surface area contributed by atoms with Gasteiger partial charge in [-0.15, -0.1) is 30.4 Å². The van der Waals surface area contributed by atoms with Crippen LogP contribution in [0.4, 0.5) is 4.79 Å². The lowest BCUT2D eigenvalue weighted by molar-refractivity contribution is -0.757. The van der Waals surface area contributed by atoms with Gasteiger partial charge < -0.3 is 29.4 Å². The van der Waals surface area contributed by atoms with Crippen LogP contribution in [0, 0.1) is 20.2 Å². The Bertz CT molecular complexity index is 1650. The van der Waals surface area contributed by atoms with Gasteiger partial charge in [0.15, 0.2) is 11.0 Å². The molecule has 276 valence electrons. The predicted octanol–water partition coefficient (Wildman–Crippen LogP) is 4.94. The molecule has 0 radical (unpaired) electrons. The number of carbonyl (C=O) groups excluding carboxylic acids is 2. The second-order valence-corrected chi connectivity index (χ2v) is 11.4. The average Bonchev–Trinajstić information content (AvgIpc) is 3.40. The van der Waals surface area contributed by atoms with Gasteiger partial charge in [0.25, 0.3) is 10.2 Å². The Morgan fingerprint density at radius 2 is 1.59 bits per heavy atom. The van der Waals surface area contributed by atoms with Gasteiger partial charge in [-0.05, 0) is 48.8 Å². The molecule has 0 unspecified atom stereocenters. The minimum Gasteiger partial charge on any atom is -0.459 e. The van der Waals surface area contributed by atoms with Crippen molar-refractivity contribution in [2.75, 3.05) is 19.8 Å². The number of halogens is 1. The number of esters is 1. The van der Waals surface area contributed by atoms with E-state index in [9.17, 15) is 29.8 Å². The molecule has 1 heterocycles. The number of hydrazone groups is 1. The summed E-state index contributed by atoms with van der Waals surface area (Å²) in [5.41, 5.74) is 9.78. The highest BCUT2D eigenvalue weighted by Crippen LogP contribution is 2.26. The quantitative estimate of drug-likeness (QED) is 0.0203. The van der Waals surface area contributed by atoms with E-state index < -0.39 is 22.2 Å². The number of benzene rings is 2. The zero-order valence-corrected chi connectivity index (χ0v) is 28.9. The first-order valence-electron chi connectivity index (χ1n) is 16.2. The van der Waals surface area contributed by atoms with Gasteiger partial charge in [0, 0.05) is 24.9 Å². The molecular formula is C32H41ClN8O10. The van der Waals surface area contributed by atoms with Crippen LogP contribution in [0.1, 0.15) is 74.5 Å². The van der Waals surface area contributed by atoms with Crippen LogP contribution >= 0.6 is 11.6 Å². The van der Waals surface area contributed by atoms with Crippen molar-refractivity contribution in [3.05, 3.63) is 96.6 Å². The van der Waals surface area contributed by atoms with E-state index in [-0.39, 0.29) is 43.8 Å². The number of hydrazine groups is 1. The molecule has 0 saturated carbocycles. The molecule has 0 aliphatic carbocycles. The zero-order chi connectivity index (χ0) is 37.2. The molecule has 4 N–H and O–H groups in total. The molecule has 0 saturated heterocycles. The molecule has 1 aromatic heterocycles. The van der Waals surface area contributed by atoms with Crippen molar-refractivity contribution in [3.63, 3.8) is 0 Å². The third-order valence-corrected chi connectivity index (χ3v) is 7.67. The fourth-order valence-corrected chi connectivity index (χ4v) is 5.05. The topological polar surface area (TPSA) is 243 Å². The van der Waals surface area contributed by atoms with Gasteiger partial charge in [-0.2, -0.15) is 0 Å². The van der Waals surface area contributed by atoms with Crippen molar-refractivity contribution in [2.24, 2.45) is 16.7 Å². The Morgan fingerprint density at radius 3 is 2.25 bits per heavy atom. The van der Waals surface area contributed by atoms with Crippen LogP contribution in [-0.2, 0) is 43.5 Å². The third kappa shape index (κ3) is 13.4. The van der Waals surface area contributed by atoms with Crippen molar-refractivity contribution in [2.45, 2.75) is 71.4 Å². The van der Waals surface area contributed by atoms with Crippen LogP contribution in [-0.4, -0.2) is 62.6 Å². The third-order valence-electron chi connectivity index (χ3n) is 7.37. The van der Waals surface area contributed by atoms with Crippen LogP contribution in [0.2, 0.25) is 5.15 Å². The van der Waals surface area contributed by atoms with E-state index in [2.05, 4.69) is 26.7 Å². The molecule has 2 aromatic carbocycles. The SMILES string of the molecule is CCCCc1nc(Cl)c(COC(=O)CCCCO[N+](=O)[O-])n1Cc1ccc(-c2ccccc2/C(N)=N/N(N)C(=O)OCCCCO[N+](=O)[O-])cc1. The fourth-order valence-electron chi connectivity index (χ4n) is 4.80. The summed E-state index contributed by atoms with van der Waals surface area (Å²) in [6.45, 7) is 2.13. The van der Waals surface area contributed by atoms with Crippen LogP contribution in [0.5, 0.6) is 0 Å². The van der Waals surface area contributed by atoms with Gasteiger partial charge in [0.1, 0.15) is 12.4 Å². The van der Waals surface area contributed by atoms with Crippen LogP contribution in [0.3, 0.4) is 0 Å². The summed E-state index contributed by atoms with van der Waals surface area (Å²) in [5.74, 6) is 6.02. The number of nitrogens with two attached hydrogens (primary N) is 2. The van der Waals surface area contributed by atoms with Crippen molar-refractivity contribution in [1.29, 1.82) is 0 Å². The summed E-state index contributed by atoms with van der Waals surface area (Å²) in [6.07, 6.45) is 2.96. The second kappa shape index (κ2) is 20.9. The van der Waals surface area contributed by atoms with Gasteiger partial charge in [0.2, 0.25) is 0 Å². The predicted molar refractivity (Wildman–Crippen MR) is 184 cm³/mol. The molecule has 3 rings (SSSR count). The van der Waals surface area contributed by atoms with Gasteiger partial charge in [-0.3, -0.25) is 4.79 Å². The number of aromatic nitrogens is 2. The summed E-state index contributed by atoms with van der Waals surface area (Å²) in [7, 11) is 0. The van der Waals surface area contributed by atoms with E-state index in [1.807, 2.05) is 41.0 Å². The smallest absolute Gasteiger partial charge is 0.445 e. The first-order valence-corrected chi connectivity index (χ1v) is 16.6. The number of imidazole rings is 1. The maximum absolute atomic E-state index is 12.4. The number of hydrogen-bond acceptors (Lipinski definition) is 13. The van der Waals surface area contributed by atoms with Crippen molar-refractivity contribution in [1.82, 2.24) is 14.7 Å². The second-order valence-electron chi connectivity index (χ2n) is 11.1. The maximum atomic E-state index is 12.4. The van der Waals surface area contributed by atoms with Gasteiger partial charge in [0.05, 0.1) is 25.5 Å². The molecule has 18 nitrogen and oxygen atoms in total. The molecule has 3 aromatic rings. The molecular weight excluding hydrogens is 692 g/mol. The van der Waals surface area contributed by atoms with Gasteiger partial charge in [-0.1, -0.05) is 73.5 Å². The largest absolute Gasteiger partial charge is 0.459 e. The molecule has 0 bridgehead atoms. The number of amidine groups is 1. The van der Waals surface area contributed by atoms with Gasteiger partial charge >= 0.3 is 12.1 Å². The molecule has 19 heteroatoms. The van der Waals surface area contributed by atoms with Gasteiger partial charge in [-0.25, -0.2) is 15.6 Å². The summed E-state index contributed by atoms with van der Waals surface area (Å²) in [4.78, 5) is 58.1. The lowest BCUT2D eigenvalue weighted by Crippen LogP contribution is -2.36. The van der Waals surface area contributed by atoms with Crippen molar-refractivity contribution >= 4 is 29.5 Å². The summed E-state index contributed by atoms with van der Waals surface area (Å²) >= 11 is 6.52. The van der Waals surface area contributed by atoms with E-state index in [4.69, 9.17) is 32.7 Å². The van der Waals surface area contributed by atoms with Crippen LogP contribution in [0.15, 0.2) is 53.6 Å². The lowest BCUT2D eigenvalue weighted by Gasteiger charge is -2.15. The Morgan fingerprint density at radius 1 is 0.941 bits per heavy atom. The summed E-state index contributed by atoms with van der Waals surface area (Å²) in [5, 5.41) is 23.4. The summed E-state index contributed by atoms with van der Waals surface area (Å²) < 4.78 is 12.5. The van der Waals surface area contributed by atoms with Crippen LogP contribution in [0.25, 0.3) is 11.1 Å². The number of hydrogen-bond donors (Lipinski definition) is 2. The van der Waals surface area contributed by atoms with Crippen LogP contribution < -0.4 is 11.6 Å². The lowest BCUT2D eigenvalue weighted by atomic mass is 9.98. The molecule has 51 heavy (non-hydrogen) atoms. The van der Waals surface area contributed by atoms with E-state index in [1.165, 1.54) is 0 Å². The number of nitrogens with zero attached hydrogens (tertiary/aromatic N) is 6. The monoisotopic (exact) mass is 732 g/mol. The minimum atomic E-state index is -0.956. The number of amides is 1. The highest BCUT2D eigenvalue weighted by atomic mass is 35.5. The molecule has 0 aliphatic heterocycles. The standard InChI is InChI=1S/C32H41ClN8O10/c1-2-3-12-28-36-30(33)27(22-49-29(42)13-6-7-19-50-40(44)45)38(28)21-23-14-16-24(17-15-23)25-10-4-5-11-26(25)31(34)37-39(35)32(43)48-18-8-9-20-51-41(46)47/h4-5,10-11,14-17H,2-3,6-9,12-13,18-22,35H2,1H3,(H2,34,37). The van der Waals surface area contributed by atoms with E-state index in [1.54, 1.807) is 12.1 Å². The fraction of sp³-hybridized carbons (Fsp3) is 0.438. The maximum Gasteiger partial charge on any atom is 0.445 e. The molecule has 0 aliphatic rings. The normalized spacial score (nSPS) is 11.2. The zero-order valence-electron chi connectivity index (χ0n) is 28.1. The molecule has 0 spiro atoms. The first kappa shape index (κ1) is 39.9. The number of rotatable bonds is 22. The number of aryl methyl sites for hydroxylation is 1. The Kier molecular flexibility index (Phi) is 16.4. The minimum absolute atomic E-state index is 0.0359. The number of unbranched alkanes of at least 4 members (excludes halogenated alkanes) is 3. The number of carbonyl (C=O) groups is 2. The Labute approximate surface area is 298 Å². The summed E-state index contributed by atoms with van der Waals surface area (Å²) in [6, 6.07) is 14.9. The van der Waals surface area contributed by atoms with E-state index in [0.717, 1.165) is 35.4 Å².